The molecule has 0 atom stereocenters. The first-order chi connectivity index (χ1) is 30.8. The molecule has 62 heavy (non-hydrogen) atoms. The molecule has 0 aliphatic heterocycles. The van der Waals surface area contributed by atoms with E-state index < -0.39 is 0 Å². The van der Waals surface area contributed by atoms with Gasteiger partial charge < -0.3 is 13.9 Å². The Morgan fingerprint density at radius 2 is 1.02 bits per heavy atom. The lowest BCUT2D eigenvalue weighted by Gasteiger charge is -2.29. The SMILES string of the molecule is c1ccc(N(c2ccc(-c3ccccc3-n3c4ccccc4c4ccccc43)cc2)c2cccc3oc4c5ccccc5ccc4c23)c(-c2ccc3c(c2)sc2ccccc23)c1. The van der Waals surface area contributed by atoms with Gasteiger partial charge in [-0.15, -0.1) is 11.3 Å². The number of nitrogens with zero attached hydrogens (tertiary/aromatic N) is 2. The fraction of sp³-hybridized carbons (Fsp3) is 0. The number of rotatable bonds is 6. The van der Waals surface area contributed by atoms with Gasteiger partial charge in [0.1, 0.15) is 11.2 Å². The van der Waals surface area contributed by atoms with Crippen LogP contribution in [0.3, 0.4) is 0 Å². The third kappa shape index (κ3) is 5.30. The third-order valence-electron chi connectivity index (χ3n) is 12.6. The van der Waals surface area contributed by atoms with Crippen molar-refractivity contribution in [1.29, 1.82) is 0 Å². The molecule has 3 aromatic heterocycles. The second-order valence-electron chi connectivity index (χ2n) is 16.0. The highest BCUT2D eigenvalue weighted by Crippen LogP contribution is 2.48. The summed E-state index contributed by atoms with van der Waals surface area (Å²) in [5.74, 6) is 0. The van der Waals surface area contributed by atoms with Crippen LogP contribution in [0, 0.1) is 0 Å². The van der Waals surface area contributed by atoms with Gasteiger partial charge in [-0.05, 0) is 83.2 Å². The van der Waals surface area contributed by atoms with Gasteiger partial charge in [0, 0.05) is 58.5 Å². The van der Waals surface area contributed by atoms with E-state index in [2.05, 4.69) is 228 Å². The summed E-state index contributed by atoms with van der Waals surface area (Å²) in [5.41, 5.74) is 13.2. The summed E-state index contributed by atoms with van der Waals surface area (Å²) in [6.45, 7) is 0. The van der Waals surface area contributed by atoms with Crippen molar-refractivity contribution in [3.8, 4) is 27.9 Å². The first-order valence-electron chi connectivity index (χ1n) is 21.1. The summed E-state index contributed by atoms with van der Waals surface area (Å²) in [6, 6.07) is 79.2. The number of aromatic nitrogens is 1. The number of benzene rings is 10. The molecule has 0 spiro atoms. The van der Waals surface area contributed by atoms with E-state index in [0.717, 1.165) is 66.6 Å². The van der Waals surface area contributed by atoms with Crippen molar-refractivity contribution in [3.05, 3.63) is 218 Å². The molecule has 0 aliphatic carbocycles. The molecule has 0 N–H and O–H groups in total. The van der Waals surface area contributed by atoms with Gasteiger partial charge in [0.2, 0.25) is 0 Å². The Morgan fingerprint density at radius 1 is 0.403 bits per heavy atom. The number of hydrogen-bond acceptors (Lipinski definition) is 3. The average molecular weight is 809 g/mol. The first-order valence-corrected chi connectivity index (χ1v) is 21.9. The quantitative estimate of drug-likeness (QED) is 0.167. The molecule has 0 unspecified atom stereocenters. The molecule has 13 aromatic rings. The van der Waals surface area contributed by atoms with Gasteiger partial charge in [0.25, 0.3) is 0 Å². The molecule has 3 heterocycles. The molecule has 0 bridgehead atoms. The summed E-state index contributed by atoms with van der Waals surface area (Å²) in [4.78, 5) is 2.43. The molecular weight excluding hydrogens is 773 g/mol. The van der Waals surface area contributed by atoms with Gasteiger partial charge in [-0.2, -0.15) is 0 Å². The standard InChI is InChI=1S/C58H36N2OS/c1-2-17-43-37(14-1)30-35-48-57-53(25-13-26-54(57)61-58(43)48)59(49-21-8-4-16-42(49)39-31-34-47-46-20-7-12-27-55(46)62-56(47)36-39)40-32-28-38(29-33-40)41-15-3-9-22-50(41)60-51-23-10-5-18-44(51)45-19-6-11-24-52(45)60/h1-36H. The molecule has 0 saturated heterocycles. The minimum atomic E-state index is 0.861. The molecule has 0 fully saturated rings. The molecule has 0 aliphatic rings. The van der Waals surface area contributed by atoms with Gasteiger partial charge in [-0.1, -0.05) is 152 Å². The van der Waals surface area contributed by atoms with Gasteiger partial charge in [-0.25, -0.2) is 0 Å². The van der Waals surface area contributed by atoms with Gasteiger partial charge in [-0.3, -0.25) is 0 Å². The monoisotopic (exact) mass is 808 g/mol. The zero-order chi connectivity index (χ0) is 40.7. The van der Waals surface area contributed by atoms with Gasteiger partial charge in [0.15, 0.2) is 0 Å². The predicted molar refractivity (Wildman–Crippen MR) is 264 cm³/mol. The van der Waals surface area contributed by atoms with E-state index in [0.29, 0.717) is 0 Å². The highest BCUT2D eigenvalue weighted by atomic mass is 32.1. The van der Waals surface area contributed by atoms with Gasteiger partial charge >= 0.3 is 0 Å². The number of furan rings is 1. The Hall–Kier alpha value is -7.92. The minimum absolute atomic E-state index is 0.861. The lowest BCUT2D eigenvalue weighted by Crippen LogP contribution is -2.11. The topological polar surface area (TPSA) is 21.3 Å². The van der Waals surface area contributed by atoms with Crippen LogP contribution in [0.2, 0.25) is 0 Å². The highest BCUT2D eigenvalue weighted by Gasteiger charge is 2.23. The molecule has 0 saturated carbocycles. The van der Waals surface area contributed by atoms with Gasteiger partial charge in [0.05, 0.1) is 33.5 Å². The molecule has 290 valence electrons. The third-order valence-corrected chi connectivity index (χ3v) is 13.7. The van der Waals surface area contributed by atoms with Crippen molar-refractivity contribution < 1.29 is 4.42 Å². The van der Waals surface area contributed by atoms with Crippen LogP contribution in [-0.2, 0) is 0 Å². The highest BCUT2D eigenvalue weighted by molar-refractivity contribution is 7.25. The zero-order valence-corrected chi connectivity index (χ0v) is 34.3. The molecule has 0 amide bonds. The number of anilines is 3. The second kappa shape index (κ2) is 13.8. The van der Waals surface area contributed by atoms with E-state index in [4.69, 9.17) is 4.42 Å². The fourth-order valence-electron chi connectivity index (χ4n) is 9.82. The van der Waals surface area contributed by atoms with E-state index >= 15 is 0 Å². The molecule has 0 radical (unpaired) electrons. The van der Waals surface area contributed by atoms with Crippen LogP contribution in [0.5, 0.6) is 0 Å². The predicted octanol–water partition coefficient (Wildman–Crippen LogP) is 17.0. The average Bonchev–Trinajstić information content (AvgIpc) is 4.02. The van der Waals surface area contributed by atoms with Crippen molar-refractivity contribution in [1.82, 2.24) is 4.57 Å². The Balaban J connectivity index is 1.02. The summed E-state index contributed by atoms with van der Waals surface area (Å²) in [5, 5.41) is 9.57. The number of fused-ring (bicyclic) bond motifs is 11. The zero-order valence-electron chi connectivity index (χ0n) is 33.5. The van der Waals surface area contributed by atoms with Crippen molar-refractivity contribution in [2.24, 2.45) is 0 Å². The van der Waals surface area contributed by atoms with E-state index in [9.17, 15) is 0 Å². The normalized spacial score (nSPS) is 11.9. The molecule has 3 nitrogen and oxygen atoms in total. The summed E-state index contributed by atoms with van der Waals surface area (Å²) in [6.07, 6.45) is 0. The Labute approximate surface area is 361 Å². The van der Waals surface area contributed by atoms with E-state index in [1.54, 1.807) is 0 Å². The maximum atomic E-state index is 6.78. The number of hydrogen-bond donors (Lipinski definition) is 0. The van der Waals surface area contributed by atoms with Crippen LogP contribution in [0.1, 0.15) is 0 Å². The number of para-hydroxylation sites is 4. The van der Waals surface area contributed by atoms with E-state index in [1.165, 1.54) is 53.1 Å². The van der Waals surface area contributed by atoms with Crippen LogP contribution in [-0.4, -0.2) is 4.57 Å². The lowest BCUT2D eigenvalue weighted by molar-refractivity contribution is 0.672. The van der Waals surface area contributed by atoms with Crippen molar-refractivity contribution in [2.75, 3.05) is 4.90 Å². The molecule has 10 aromatic carbocycles. The Morgan fingerprint density at radius 3 is 1.84 bits per heavy atom. The van der Waals surface area contributed by atoms with E-state index in [-0.39, 0.29) is 0 Å². The smallest absolute Gasteiger partial charge is 0.143 e. The van der Waals surface area contributed by atoms with Crippen molar-refractivity contribution in [2.45, 2.75) is 0 Å². The van der Waals surface area contributed by atoms with Crippen LogP contribution >= 0.6 is 11.3 Å². The van der Waals surface area contributed by atoms with Crippen LogP contribution in [0.25, 0.3) is 103 Å². The summed E-state index contributed by atoms with van der Waals surface area (Å²) < 4.78 is 11.8. The van der Waals surface area contributed by atoms with Crippen LogP contribution in [0.4, 0.5) is 17.1 Å². The first kappa shape index (κ1) is 34.9. The molecule has 13 rings (SSSR count). The molecule has 4 heteroatoms. The molecular formula is C58H36N2OS. The summed E-state index contributed by atoms with van der Waals surface area (Å²) in [7, 11) is 0. The number of thiophene rings is 1. The van der Waals surface area contributed by atoms with Crippen LogP contribution in [0.15, 0.2) is 223 Å². The maximum Gasteiger partial charge on any atom is 0.143 e. The largest absolute Gasteiger partial charge is 0.455 e. The Kier molecular flexibility index (Phi) is 7.78. The van der Waals surface area contributed by atoms with Crippen LogP contribution < -0.4 is 4.90 Å². The summed E-state index contributed by atoms with van der Waals surface area (Å²) >= 11 is 1.86. The second-order valence-corrected chi connectivity index (χ2v) is 17.1. The fourth-order valence-corrected chi connectivity index (χ4v) is 11.0. The lowest BCUT2D eigenvalue weighted by atomic mass is 9.98. The minimum Gasteiger partial charge on any atom is -0.455 e. The Bertz CT molecular complexity index is 3830. The van der Waals surface area contributed by atoms with Crippen molar-refractivity contribution in [3.63, 3.8) is 0 Å². The maximum absolute atomic E-state index is 6.78. The van der Waals surface area contributed by atoms with E-state index in [1.807, 2.05) is 11.3 Å². The van der Waals surface area contributed by atoms with Crippen molar-refractivity contribution >= 4 is 103 Å².